The van der Waals surface area contributed by atoms with Crippen molar-refractivity contribution in [2.24, 2.45) is 0 Å². The Morgan fingerprint density at radius 1 is 1.15 bits per heavy atom. The van der Waals surface area contributed by atoms with Crippen LogP contribution in [0.3, 0.4) is 0 Å². The van der Waals surface area contributed by atoms with Crippen molar-refractivity contribution in [3.63, 3.8) is 0 Å². The van der Waals surface area contributed by atoms with Gasteiger partial charge in [-0.15, -0.1) is 0 Å². The van der Waals surface area contributed by atoms with E-state index in [-0.39, 0.29) is 11.5 Å². The number of hydrogen-bond acceptors (Lipinski definition) is 4. The molecule has 1 aromatic heterocycles. The maximum atomic E-state index is 12.4. The number of hydrogen-bond donors (Lipinski definition) is 1. The Kier molecular flexibility index (Phi) is 4.24. The molecule has 0 fully saturated rings. The number of carbonyl (C=O) groups excluding carboxylic acids is 2. The number of para-hydroxylation sites is 1. The molecule has 1 aliphatic rings. The van der Waals surface area contributed by atoms with Crippen molar-refractivity contribution in [1.29, 1.82) is 0 Å². The third kappa shape index (κ3) is 3.21. The first-order valence-electron chi connectivity index (χ1n) is 8.74. The lowest BCUT2D eigenvalue weighted by Crippen LogP contribution is -2.28. The summed E-state index contributed by atoms with van der Waals surface area (Å²) in [6, 6.07) is 14.4. The molecular weight excluding hydrogens is 344 g/mol. The van der Waals surface area contributed by atoms with Crippen molar-refractivity contribution in [1.82, 2.24) is 5.32 Å². The second-order valence-electron chi connectivity index (χ2n) is 6.55. The summed E-state index contributed by atoms with van der Waals surface area (Å²) in [5.41, 5.74) is 2.70. The van der Waals surface area contributed by atoms with E-state index in [1.165, 1.54) is 0 Å². The third-order valence-electron chi connectivity index (χ3n) is 4.76. The predicted octanol–water partition coefficient (Wildman–Crippen LogP) is 2.63. The molecule has 0 atom stereocenters. The normalized spacial score (nSPS) is 12.9. The van der Waals surface area contributed by atoms with E-state index in [1.807, 2.05) is 24.3 Å². The van der Waals surface area contributed by atoms with Crippen molar-refractivity contribution >= 4 is 28.5 Å². The van der Waals surface area contributed by atoms with E-state index in [9.17, 15) is 14.4 Å². The molecule has 6 heteroatoms. The molecule has 1 N–H and O–H groups in total. The molecule has 0 radical (unpaired) electrons. The fourth-order valence-corrected chi connectivity index (χ4v) is 3.39. The van der Waals surface area contributed by atoms with Crippen LogP contribution in [0.4, 0.5) is 5.69 Å². The van der Waals surface area contributed by atoms with Crippen LogP contribution in [0.2, 0.25) is 0 Å². The number of anilines is 1. The number of nitrogens with one attached hydrogen (secondary N) is 1. The quantitative estimate of drug-likeness (QED) is 0.727. The fourth-order valence-electron chi connectivity index (χ4n) is 3.39. The van der Waals surface area contributed by atoms with Gasteiger partial charge in [-0.2, -0.15) is 0 Å². The van der Waals surface area contributed by atoms with Gasteiger partial charge in [-0.1, -0.05) is 30.3 Å². The van der Waals surface area contributed by atoms with Crippen molar-refractivity contribution in [2.45, 2.75) is 19.9 Å². The molecule has 4 rings (SSSR count). The summed E-state index contributed by atoms with van der Waals surface area (Å²) in [5.74, 6) is -0.446. The minimum absolute atomic E-state index is 0.0161. The van der Waals surface area contributed by atoms with Crippen LogP contribution >= 0.6 is 0 Å². The first-order chi connectivity index (χ1) is 13.0. The highest BCUT2D eigenvalue weighted by Crippen LogP contribution is 2.28. The van der Waals surface area contributed by atoms with Gasteiger partial charge in [0.25, 0.3) is 5.91 Å². The van der Waals surface area contributed by atoms with Gasteiger partial charge in [0.05, 0.1) is 0 Å². The predicted molar refractivity (Wildman–Crippen MR) is 102 cm³/mol. The standard InChI is InChI=1S/C21H18N2O4/c1-13(24)23-9-8-15-10-14(6-7-18(15)23)12-22-20(25)17-11-16-4-2-3-5-19(16)27-21(17)26/h2-7,10-11H,8-9,12H2,1H3,(H,22,25). The Balaban J connectivity index is 1.51. The summed E-state index contributed by atoms with van der Waals surface area (Å²) in [5, 5.41) is 3.46. The van der Waals surface area contributed by atoms with E-state index in [0.717, 1.165) is 23.2 Å². The SMILES string of the molecule is CC(=O)N1CCc2cc(CNC(=O)c3cc4ccccc4oc3=O)ccc21. The van der Waals surface area contributed by atoms with Gasteiger partial charge in [0.2, 0.25) is 5.91 Å². The molecule has 1 aliphatic heterocycles. The summed E-state index contributed by atoms with van der Waals surface area (Å²) < 4.78 is 5.21. The fraction of sp³-hybridized carbons (Fsp3) is 0.190. The third-order valence-corrected chi connectivity index (χ3v) is 4.76. The van der Waals surface area contributed by atoms with E-state index >= 15 is 0 Å². The van der Waals surface area contributed by atoms with Crippen molar-refractivity contribution in [3.8, 4) is 0 Å². The van der Waals surface area contributed by atoms with Crippen LogP contribution in [0.1, 0.15) is 28.4 Å². The molecule has 0 bridgehead atoms. The van der Waals surface area contributed by atoms with E-state index in [0.29, 0.717) is 24.1 Å². The number of carbonyl (C=O) groups is 2. The highest BCUT2D eigenvalue weighted by Gasteiger charge is 2.22. The molecule has 0 aliphatic carbocycles. The van der Waals surface area contributed by atoms with E-state index in [4.69, 9.17) is 4.42 Å². The maximum absolute atomic E-state index is 12.4. The molecule has 2 amide bonds. The van der Waals surface area contributed by atoms with Gasteiger partial charge >= 0.3 is 5.63 Å². The molecule has 136 valence electrons. The topological polar surface area (TPSA) is 79.6 Å². The molecule has 0 saturated carbocycles. The van der Waals surface area contributed by atoms with E-state index in [2.05, 4.69) is 5.32 Å². The zero-order valence-electron chi connectivity index (χ0n) is 14.8. The summed E-state index contributed by atoms with van der Waals surface area (Å²) in [7, 11) is 0. The lowest BCUT2D eigenvalue weighted by molar-refractivity contribution is -0.116. The van der Waals surface area contributed by atoms with Gasteiger partial charge in [-0.25, -0.2) is 4.79 Å². The van der Waals surface area contributed by atoms with Gasteiger partial charge in [0.1, 0.15) is 11.1 Å². The summed E-state index contributed by atoms with van der Waals surface area (Å²) in [6.07, 6.45) is 0.797. The Labute approximate surface area is 155 Å². The van der Waals surface area contributed by atoms with Crippen molar-refractivity contribution in [3.05, 3.63) is 75.6 Å². The van der Waals surface area contributed by atoms with Crippen LogP contribution in [0, 0.1) is 0 Å². The van der Waals surface area contributed by atoms with E-state index in [1.54, 1.807) is 36.1 Å². The first kappa shape index (κ1) is 17.0. The Hall–Kier alpha value is -3.41. The highest BCUT2D eigenvalue weighted by molar-refractivity contribution is 5.96. The second kappa shape index (κ2) is 6.72. The molecule has 0 unspecified atom stereocenters. The average Bonchev–Trinajstić information content (AvgIpc) is 3.09. The van der Waals surface area contributed by atoms with Gasteiger partial charge in [0.15, 0.2) is 0 Å². The Morgan fingerprint density at radius 3 is 2.78 bits per heavy atom. The summed E-state index contributed by atoms with van der Waals surface area (Å²) in [6.45, 7) is 2.52. The van der Waals surface area contributed by atoms with Crippen molar-refractivity contribution in [2.75, 3.05) is 11.4 Å². The van der Waals surface area contributed by atoms with Crippen LogP contribution < -0.4 is 15.8 Å². The van der Waals surface area contributed by atoms with Gasteiger partial charge < -0.3 is 14.6 Å². The van der Waals surface area contributed by atoms with E-state index < -0.39 is 11.5 Å². The molecule has 27 heavy (non-hydrogen) atoms. The minimum Gasteiger partial charge on any atom is -0.422 e. The smallest absolute Gasteiger partial charge is 0.349 e. The molecule has 6 nitrogen and oxygen atoms in total. The number of nitrogens with zero attached hydrogens (tertiary/aromatic N) is 1. The zero-order chi connectivity index (χ0) is 19.0. The molecular formula is C21H18N2O4. The Bertz CT molecular complexity index is 1120. The highest BCUT2D eigenvalue weighted by atomic mass is 16.4. The van der Waals surface area contributed by atoms with Crippen LogP contribution in [-0.2, 0) is 17.8 Å². The van der Waals surface area contributed by atoms with Gasteiger partial charge in [-0.3, -0.25) is 9.59 Å². The zero-order valence-corrected chi connectivity index (χ0v) is 14.8. The minimum atomic E-state index is -0.655. The van der Waals surface area contributed by atoms with Gasteiger partial charge in [-0.05, 0) is 35.7 Å². The number of fused-ring (bicyclic) bond motifs is 2. The number of amides is 2. The molecule has 0 saturated heterocycles. The van der Waals surface area contributed by atoms with Crippen LogP contribution in [0.25, 0.3) is 11.0 Å². The molecule has 0 spiro atoms. The van der Waals surface area contributed by atoms with Crippen LogP contribution in [0.5, 0.6) is 0 Å². The lowest BCUT2D eigenvalue weighted by atomic mass is 10.1. The summed E-state index contributed by atoms with van der Waals surface area (Å²) in [4.78, 5) is 37.9. The number of rotatable bonds is 3. The number of benzene rings is 2. The van der Waals surface area contributed by atoms with Crippen molar-refractivity contribution < 1.29 is 14.0 Å². The van der Waals surface area contributed by atoms with Gasteiger partial charge in [0, 0.05) is 31.1 Å². The summed E-state index contributed by atoms with van der Waals surface area (Å²) >= 11 is 0. The monoisotopic (exact) mass is 362 g/mol. The maximum Gasteiger partial charge on any atom is 0.349 e. The lowest BCUT2D eigenvalue weighted by Gasteiger charge is -2.15. The van der Waals surface area contributed by atoms with Crippen LogP contribution in [-0.4, -0.2) is 18.4 Å². The molecule has 3 aromatic rings. The molecule has 2 aromatic carbocycles. The largest absolute Gasteiger partial charge is 0.422 e. The average molecular weight is 362 g/mol. The molecule has 2 heterocycles. The Morgan fingerprint density at radius 2 is 1.96 bits per heavy atom. The first-order valence-corrected chi connectivity index (χ1v) is 8.74. The second-order valence-corrected chi connectivity index (χ2v) is 6.55. The van der Waals surface area contributed by atoms with Crippen LogP contribution in [0.15, 0.2) is 57.7 Å².